The fourth-order valence-electron chi connectivity index (χ4n) is 2.68. The van der Waals surface area contributed by atoms with Crippen LogP contribution in [0.5, 0.6) is 0 Å². The number of ether oxygens (including phenoxy) is 1. The van der Waals surface area contributed by atoms with Crippen molar-refractivity contribution in [2.24, 2.45) is 5.92 Å². The summed E-state index contributed by atoms with van der Waals surface area (Å²) < 4.78 is 6.03. The highest BCUT2D eigenvalue weighted by atomic mass is 16.5. The van der Waals surface area contributed by atoms with Gasteiger partial charge in [0.15, 0.2) is 0 Å². The van der Waals surface area contributed by atoms with Crippen molar-refractivity contribution in [3.8, 4) is 0 Å². The lowest BCUT2D eigenvalue weighted by Gasteiger charge is -2.43. The van der Waals surface area contributed by atoms with Gasteiger partial charge in [0.25, 0.3) is 0 Å². The second kappa shape index (κ2) is 5.66. The van der Waals surface area contributed by atoms with Crippen LogP contribution in [-0.4, -0.2) is 25.3 Å². The summed E-state index contributed by atoms with van der Waals surface area (Å²) in [6.45, 7) is 9.11. The average molecular weight is 211 g/mol. The minimum atomic E-state index is -0.00222. The first kappa shape index (κ1) is 12.7. The first-order chi connectivity index (χ1) is 7.18. The predicted molar refractivity (Wildman–Crippen MR) is 65.0 cm³/mol. The number of hydrogen-bond donors (Lipinski definition) is 1. The molecule has 0 aliphatic heterocycles. The molecule has 1 saturated carbocycles. The molecule has 0 spiro atoms. The number of hydrogen-bond acceptors (Lipinski definition) is 2. The molecule has 0 aromatic heterocycles. The molecule has 1 aliphatic rings. The SMILES string of the molecule is C=CC(NC)C1(OCC)CCC(C)CC1. The summed E-state index contributed by atoms with van der Waals surface area (Å²) in [6, 6.07) is 0.282. The van der Waals surface area contributed by atoms with E-state index < -0.39 is 0 Å². The van der Waals surface area contributed by atoms with E-state index in [2.05, 4.69) is 25.7 Å². The Balaban J connectivity index is 2.73. The van der Waals surface area contributed by atoms with Crippen LogP contribution in [0.2, 0.25) is 0 Å². The van der Waals surface area contributed by atoms with E-state index >= 15 is 0 Å². The zero-order valence-electron chi connectivity index (χ0n) is 10.4. The first-order valence-corrected chi connectivity index (χ1v) is 6.12. The van der Waals surface area contributed by atoms with Crippen molar-refractivity contribution >= 4 is 0 Å². The molecule has 15 heavy (non-hydrogen) atoms. The van der Waals surface area contributed by atoms with E-state index in [1.165, 1.54) is 12.8 Å². The van der Waals surface area contributed by atoms with Crippen LogP contribution >= 0.6 is 0 Å². The summed E-state index contributed by atoms with van der Waals surface area (Å²) in [5, 5.41) is 3.32. The van der Waals surface area contributed by atoms with Gasteiger partial charge >= 0.3 is 0 Å². The van der Waals surface area contributed by atoms with Gasteiger partial charge in [-0.1, -0.05) is 13.0 Å². The van der Waals surface area contributed by atoms with Crippen LogP contribution in [0.3, 0.4) is 0 Å². The van der Waals surface area contributed by atoms with E-state index in [1.807, 2.05) is 13.1 Å². The minimum Gasteiger partial charge on any atom is -0.373 e. The Morgan fingerprint density at radius 2 is 2.13 bits per heavy atom. The van der Waals surface area contributed by atoms with E-state index in [4.69, 9.17) is 4.74 Å². The van der Waals surface area contributed by atoms with Gasteiger partial charge in [-0.2, -0.15) is 0 Å². The Morgan fingerprint density at radius 1 is 1.53 bits per heavy atom. The molecule has 1 N–H and O–H groups in total. The molecule has 0 aromatic rings. The normalized spacial score (nSPS) is 33.7. The summed E-state index contributed by atoms with van der Waals surface area (Å²) in [6.07, 6.45) is 6.84. The van der Waals surface area contributed by atoms with E-state index in [1.54, 1.807) is 0 Å². The monoisotopic (exact) mass is 211 g/mol. The minimum absolute atomic E-state index is 0.00222. The second-order valence-corrected chi connectivity index (χ2v) is 4.68. The molecule has 0 aromatic carbocycles. The maximum atomic E-state index is 6.03. The topological polar surface area (TPSA) is 21.3 Å². The van der Waals surface area contributed by atoms with Crippen molar-refractivity contribution in [1.82, 2.24) is 5.32 Å². The lowest BCUT2D eigenvalue weighted by atomic mass is 9.75. The fourth-order valence-corrected chi connectivity index (χ4v) is 2.68. The van der Waals surface area contributed by atoms with Crippen molar-refractivity contribution in [3.05, 3.63) is 12.7 Å². The Bertz CT molecular complexity index is 195. The summed E-state index contributed by atoms with van der Waals surface area (Å²) >= 11 is 0. The zero-order chi connectivity index (χ0) is 11.3. The summed E-state index contributed by atoms with van der Waals surface area (Å²) in [7, 11) is 1.99. The molecule has 1 rings (SSSR count). The van der Waals surface area contributed by atoms with Crippen molar-refractivity contribution in [2.45, 2.75) is 51.2 Å². The van der Waals surface area contributed by atoms with E-state index in [9.17, 15) is 0 Å². The highest BCUT2D eigenvalue weighted by Crippen LogP contribution is 2.37. The van der Waals surface area contributed by atoms with Crippen molar-refractivity contribution in [3.63, 3.8) is 0 Å². The highest BCUT2D eigenvalue weighted by Gasteiger charge is 2.39. The van der Waals surface area contributed by atoms with Gasteiger partial charge in [0, 0.05) is 6.61 Å². The Labute approximate surface area is 94.1 Å². The molecule has 0 radical (unpaired) electrons. The highest BCUT2D eigenvalue weighted by molar-refractivity contribution is 5.04. The van der Waals surface area contributed by atoms with Crippen LogP contribution in [0.15, 0.2) is 12.7 Å². The van der Waals surface area contributed by atoms with E-state index in [0.717, 1.165) is 25.4 Å². The van der Waals surface area contributed by atoms with Gasteiger partial charge in [0.05, 0.1) is 11.6 Å². The van der Waals surface area contributed by atoms with Crippen molar-refractivity contribution in [1.29, 1.82) is 0 Å². The smallest absolute Gasteiger partial charge is 0.0870 e. The summed E-state index contributed by atoms with van der Waals surface area (Å²) in [4.78, 5) is 0. The maximum absolute atomic E-state index is 6.03. The third-order valence-electron chi connectivity index (χ3n) is 3.67. The van der Waals surface area contributed by atoms with Crippen LogP contribution in [0.4, 0.5) is 0 Å². The summed E-state index contributed by atoms with van der Waals surface area (Å²) in [5.74, 6) is 0.848. The third kappa shape index (κ3) is 2.82. The van der Waals surface area contributed by atoms with Crippen LogP contribution in [0.25, 0.3) is 0 Å². The largest absolute Gasteiger partial charge is 0.373 e. The fraction of sp³-hybridized carbons (Fsp3) is 0.846. The molecule has 1 unspecified atom stereocenters. The zero-order valence-corrected chi connectivity index (χ0v) is 10.4. The van der Waals surface area contributed by atoms with Crippen LogP contribution in [-0.2, 0) is 4.74 Å². The molecule has 1 fully saturated rings. The molecule has 2 nitrogen and oxygen atoms in total. The van der Waals surface area contributed by atoms with Gasteiger partial charge in [-0.25, -0.2) is 0 Å². The third-order valence-corrected chi connectivity index (χ3v) is 3.67. The maximum Gasteiger partial charge on any atom is 0.0870 e. The van der Waals surface area contributed by atoms with Gasteiger partial charge in [-0.3, -0.25) is 0 Å². The molecule has 1 atom stereocenters. The average Bonchev–Trinajstić information content (AvgIpc) is 2.24. The standard InChI is InChI=1S/C13H25NO/c1-5-12(14-4)13(15-6-2)9-7-11(3)8-10-13/h5,11-12,14H,1,6-10H2,2-4H3. The molecular weight excluding hydrogens is 186 g/mol. The molecule has 1 aliphatic carbocycles. The van der Waals surface area contributed by atoms with E-state index in [-0.39, 0.29) is 11.6 Å². The lowest BCUT2D eigenvalue weighted by molar-refractivity contribution is -0.0849. The van der Waals surface area contributed by atoms with Gasteiger partial charge in [0.1, 0.15) is 0 Å². The number of likely N-dealkylation sites (N-methyl/N-ethyl adjacent to an activating group) is 1. The van der Waals surface area contributed by atoms with Gasteiger partial charge in [-0.05, 0) is 45.6 Å². The molecule has 0 amide bonds. The van der Waals surface area contributed by atoms with Crippen LogP contribution in [0, 0.1) is 5.92 Å². The van der Waals surface area contributed by atoms with Gasteiger partial charge in [0.2, 0.25) is 0 Å². The first-order valence-electron chi connectivity index (χ1n) is 6.12. The molecule has 2 heteroatoms. The summed E-state index contributed by atoms with van der Waals surface area (Å²) in [5.41, 5.74) is -0.00222. The quantitative estimate of drug-likeness (QED) is 0.706. The van der Waals surface area contributed by atoms with Crippen LogP contribution in [0.1, 0.15) is 39.5 Å². The Kier molecular flexibility index (Phi) is 4.81. The van der Waals surface area contributed by atoms with Crippen molar-refractivity contribution < 1.29 is 4.74 Å². The number of rotatable bonds is 5. The Hall–Kier alpha value is -0.340. The second-order valence-electron chi connectivity index (χ2n) is 4.68. The van der Waals surface area contributed by atoms with Crippen molar-refractivity contribution in [2.75, 3.05) is 13.7 Å². The Morgan fingerprint density at radius 3 is 2.53 bits per heavy atom. The van der Waals surface area contributed by atoms with Gasteiger partial charge < -0.3 is 10.1 Å². The van der Waals surface area contributed by atoms with E-state index in [0.29, 0.717) is 0 Å². The number of nitrogens with one attached hydrogen (secondary N) is 1. The van der Waals surface area contributed by atoms with Crippen LogP contribution < -0.4 is 5.32 Å². The molecular formula is C13H25NO. The molecule has 0 heterocycles. The predicted octanol–water partition coefficient (Wildman–Crippen LogP) is 2.75. The molecule has 0 bridgehead atoms. The lowest BCUT2D eigenvalue weighted by Crippen LogP contribution is -2.52. The molecule has 0 saturated heterocycles. The molecule has 88 valence electrons. The van der Waals surface area contributed by atoms with Gasteiger partial charge in [-0.15, -0.1) is 6.58 Å².